The Morgan fingerprint density at radius 3 is 2.82 bits per heavy atom. The Kier molecular flexibility index (Phi) is 3.03. The summed E-state index contributed by atoms with van der Waals surface area (Å²) in [5, 5.41) is 7.53. The first kappa shape index (κ1) is 11.5. The zero-order valence-electron chi connectivity index (χ0n) is 10.3. The van der Waals surface area contributed by atoms with E-state index in [1.165, 1.54) is 0 Å². The van der Waals surface area contributed by atoms with Crippen LogP contribution < -0.4 is 11.1 Å². The second-order valence-electron chi connectivity index (χ2n) is 3.88. The van der Waals surface area contributed by atoms with Crippen molar-refractivity contribution in [3.8, 4) is 0 Å². The maximum atomic E-state index is 5.95. The molecule has 2 heterocycles. The summed E-state index contributed by atoms with van der Waals surface area (Å²) in [6, 6.07) is 0. The Hall–Kier alpha value is -1.98. The molecule has 6 nitrogen and oxygen atoms in total. The van der Waals surface area contributed by atoms with Gasteiger partial charge in [0.15, 0.2) is 0 Å². The van der Waals surface area contributed by atoms with Gasteiger partial charge in [-0.3, -0.25) is 0 Å². The molecule has 2 rings (SSSR count). The van der Waals surface area contributed by atoms with Crippen LogP contribution >= 0.6 is 0 Å². The number of hydrogen-bond acceptors (Lipinski definition) is 5. The topological polar surface area (TPSA) is 81.9 Å². The zero-order chi connectivity index (χ0) is 12.4. The number of aromatic nitrogens is 3. The highest BCUT2D eigenvalue weighted by Crippen LogP contribution is 2.22. The standard InChI is InChI=1S/C11H17N5O/c1-4-16-11(10(12)8(3)15-16)14-6-9-13-5-7(2)17-9/h5,14H,4,6,12H2,1-3H3. The van der Waals surface area contributed by atoms with Gasteiger partial charge in [-0.25, -0.2) is 9.67 Å². The van der Waals surface area contributed by atoms with Crippen LogP contribution in [-0.2, 0) is 13.1 Å². The molecule has 0 aliphatic carbocycles. The molecule has 0 bridgehead atoms. The first-order valence-electron chi connectivity index (χ1n) is 5.60. The van der Waals surface area contributed by atoms with E-state index < -0.39 is 0 Å². The average molecular weight is 235 g/mol. The van der Waals surface area contributed by atoms with Crippen molar-refractivity contribution in [2.75, 3.05) is 11.1 Å². The molecule has 17 heavy (non-hydrogen) atoms. The van der Waals surface area contributed by atoms with Crippen molar-refractivity contribution in [2.24, 2.45) is 0 Å². The third kappa shape index (κ3) is 2.25. The molecular weight excluding hydrogens is 218 g/mol. The van der Waals surface area contributed by atoms with E-state index in [-0.39, 0.29) is 0 Å². The molecule has 0 atom stereocenters. The van der Waals surface area contributed by atoms with Gasteiger partial charge in [0.2, 0.25) is 5.89 Å². The van der Waals surface area contributed by atoms with E-state index in [2.05, 4.69) is 15.4 Å². The summed E-state index contributed by atoms with van der Waals surface area (Å²) >= 11 is 0. The van der Waals surface area contributed by atoms with E-state index in [1.54, 1.807) is 6.20 Å². The van der Waals surface area contributed by atoms with Crippen LogP contribution in [0.2, 0.25) is 0 Å². The summed E-state index contributed by atoms with van der Waals surface area (Å²) in [4.78, 5) is 4.12. The maximum absolute atomic E-state index is 5.95. The van der Waals surface area contributed by atoms with Crippen molar-refractivity contribution in [3.63, 3.8) is 0 Å². The Morgan fingerprint density at radius 2 is 2.24 bits per heavy atom. The van der Waals surface area contributed by atoms with Gasteiger partial charge in [-0.05, 0) is 20.8 Å². The van der Waals surface area contributed by atoms with E-state index in [0.29, 0.717) is 18.1 Å². The minimum atomic E-state index is 0.503. The van der Waals surface area contributed by atoms with E-state index in [0.717, 1.165) is 23.8 Å². The summed E-state index contributed by atoms with van der Waals surface area (Å²) in [5.41, 5.74) is 7.46. The van der Waals surface area contributed by atoms with E-state index in [1.807, 2.05) is 25.5 Å². The molecule has 0 aliphatic heterocycles. The monoisotopic (exact) mass is 235 g/mol. The molecule has 2 aromatic heterocycles. The van der Waals surface area contributed by atoms with Crippen LogP contribution in [0, 0.1) is 13.8 Å². The molecule has 0 radical (unpaired) electrons. The Morgan fingerprint density at radius 1 is 1.47 bits per heavy atom. The first-order valence-corrected chi connectivity index (χ1v) is 5.60. The largest absolute Gasteiger partial charge is 0.444 e. The van der Waals surface area contributed by atoms with Crippen molar-refractivity contribution >= 4 is 11.5 Å². The van der Waals surface area contributed by atoms with Crippen molar-refractivity contribution in [2.45, 2.75) is 33.9 Å². The molecule has 6 heteroatoms. The first-order chi connectivity index (χ1) is 8.11. The SMILES string of the molecule is CCn1nc(C)c(N)c1NCc1ncc(C)o1. The fourth-order valence-corrected chi connectivity index (χ4v) is 1.65. The van der Waals surface area contributed by atoms with Crippen LogP contribution in [-0.4, -0.2) is 14.8 Å². The number of aryl methyl sites for hydroxylation is 3. The molecule has 0 saturated heterocycles. The lowest BCUT2D eigenvalue weighted by molar-refractivity contribution is 0.478. The molecule has 0 aromatic carbocycles. The van der Waals surface area contributed by atoms with Crippen molar-refractivity contribution in [3.05, 3.63) is 23.5 Å². The lowest BCUT2D eigenvalue weighted by Crippen LogP contribution is -2.08. The molecule has 0 unspecified atom stereocenters. The van der Waals surface area contributed by atoms with Gasteiger partial charge in [0.1, 0.15) is 11.6 Å². The minimum Gasteiger partial charge on any atom is -0.444 e. The number of oxazole rings is 1. The number of nitrogen functional groups attached to an aromatic ring is 1. The minimum absolute atomic E-state index is 0.503. The Labute approximate surface area is 99.8 Å². The van der Waals surface area contributed by atoms with Crippen LogP contribution in [0.15, 0.2) is 10.6 Å². The average Bonchev–Trinajstić information content (AvgIpc) is 2.83. The second kappa shape index (κ2) is 4.48. The number of nitrogens with two attached hydrogens (primary N) is 1. The molecule has 0 aliphatic rings. The van der Waals surface area contributed by atoms with Crippen LogP contribution in [0.25, 0.3) is 0 Å². The normalized spacial score (nSPS) is 10.8. The van der Waals surface area contributed by atoms with E-state index in [9.17, 15) is 0 Å². The predicted molar refractivity (Wildman–Crippen MR) is 65.6 cm³/mol. The van der Waals surface area contributed by atoms with Crippen LogP contribution in [0.4, 0.5) is 11.5 Å². The molecule has 3 N–H and O–H groups in total. The fraction of sp³-hybridized carbons (Fsp3) is 0.455. The summed E-state index contributed by atoms with van der Waals surface area (Å²) in [7, 11) is 0. The summed E-state index contributed by atoms with van der Waals surface area (Å²) in [6.45, 7) is 7.05. The molecule has 2 aromatic rings. The highest BCUT2D eigenvalue weighted by molar-refractivity contribution is 5.64. The summed E-state index contributed by atoms with van der Waals surface area (Å²) in [6.07, 6.45) is 1.70. The number of anilines is 2. The zero-order valence-corrected chi connectivity index (χ0v) is 10.3. The third-order valence-corrected chi connectivity index (χ3v) is 2.55. The Balaban J connectivity index is 2.13. The fourth-order valence-electron chi connectivity index (χ4n) is 1.65. The van der Waals surface area contributed by atoms with Crippen LogP contribution in [0.1, 0.15) is 24.3 Å². The number of nitrogens with one attached hydrogen (secondary N) is 1. The predicted octanol–water partition coefficient (Wildman–Crippen LogP) is 1.70. The van der Waals surface area contributed by atoms with Crippen LogP contribution in [0.5, 0.6) is 0 Å². The van der Waals surface area contributed by atoms with Gasteiger partial charge in [0.05, 0.1) is 24.1 Å². The van der Waals surface area contributed by atoms with Gasteiger partial charge < -0.3 is 15.5 Å². The lowest BCUT2D eigenvalue weighted by atomic mass is 10.4. The Bertz CT molecular complexity index is 514. The highest BCUT2D eigenvalue weighted by atomic mass is 16.4. The van der Waals surface area contributed by atoms with Gasteiger partial charge in [-0.1, -0.05) is 0 Å². The van der Waals surface area contributed by atoms with Crippen molar-refractivity contribution in [1.82, 2.24) is 14.8 Å². The number of hydrogen-bond donors (Lipinski definition) is 2. The number of rotatable bonds is 4. The molecule has 92 valence electrons. The maximum Gasteiger partial charge on any atom is 0.213 e. The van der Waals surface area contributed by atoms with Gasteiger partial charge in [-0.2, -0.15) is 5.10 Å². The molecule has 0 spiro atoms. The molecular formula is C11H17N5O. The third-order valence-electron chi connectivity index (χ3n) is 2.55. The molecule has 0 saturated carbocycles. The second-order valence-corrected chi connectivity index (χ2v) is 3.88. The molecule has 0 amide bonds. The smallest absolute Gasteiger partial charge is 0.213 e. The van der Waals surface area contributed by atoms with Crippen molar-refractivity contribution < 1.29 is 4.42 Å². The van der Waals surface area contributed by atoms with E-state index in [4.69, 9.17) is 10.2 Å². The van der Waals surface area contributed by atoms with Gasteiger partial charge in [0.25, 0.3) is 0 Å². The quantitative estimate of drug-likeness (QED) is 0.842. The highest BCUT2D eigenvalue weighted by Gasteiger charge is 2.11. The molecule has 0 fully saturated rings. The summed E-state index contributed by atoms with van der Waals surface area (Å²) in [5.74, 6) is 2.26. The van der Waals surface area contributed by atoms with E-state index >= 15 is 0 Å². The van der Waals surface area contributed by atoms with Crippen molar-refractivity contribution in [1.29, 1.82) is 0 Å². The summed E-state index contributed by atoms with van der Waals surface area (Å²) < 4.78 is 7.22. The van der Waals surface area contributed by atoms with Gasteiger partial charge in [0, 0.05) is 6.54 Å². The lowest BCUT2D eigenvalue weighted by Gasteiger charge is -2.07. The number of nitrogens with zero attached hydrogens (tertiary/aromatic N) is 3. The van der Waals surface area contributed by atoms with Crippen LogP contribution in [0.3, 0.4) is 0 Å². The van der Waals surface area contributed by atoms with Gasteiger partial charge >= 0.3 is 0 Å². The van der Waals surface area contributed by atoms with Gasteiger partial charge in [-0.15, -0.1) is 0 Å².